The van der Waals surface area contributed by atoms with Crippen LogP contribution in [-0.4, -0.2) is 46.5 Å². The van der Waals surface area contributed by atoms with Gasteiger partial charge < -0.3 is 14.4 Å². The smallest absolute Gasteiger partial charge is 0.248 e. The zero-order chi connectivity index (χ0) is 31.2. The van der Waals surface area contributed by atoms with Gasteiger partial charge in [0.15, 0.2) is 0 Å². The first-order chi connectivity index (χ1) is 20.3. The van der Waals surface area contributed by atoms with Crippen molar-refractivity contribution in [1.82, 2.24) is 13.5 Å². The number of fused-ring (bicyclic) bond motifs is 2. The van der Waals surface area contributed by atoms with Gasteiger partial charge in [0, 0.05) is 26.3 Å². The van der Waals surface area contributed by atoms with Crippen molar-refractivity contribution in [3.63, 3.8) is 0 Å². The summed E-state index contributed by atoms with van der Waals surface area (Å²) < 4.78 is 36.5. The molecule has 43 heavy (non-hydrogen) atoms. The molecule has 10 heteroatoms. The van der Waals surface area contributed by atoms with E-state index in [2.05, 4.69) is 25.7 Å². The van der Waals surface area contributed by atoms with E-state index in [9.17, 15) is 18.8 Å². The predicted molar refractivity (Wildman–Crippen MR) is 174 cm³/mol. The fourth-order valence-electron chi connectivity index (χ4n) is 5.65. The molecule has 4 aromatic rings. The predicted octanol–water partition coefficient (Wildman–Crippen LogP) is 6.80. The number of imidazole rings is 1. The minimum absolute atomic E-state index is 0.171. The van der Waals surface area contributed by atoms with Crippen molar-refractivity contribution in [1.29, 1.82) is 5.26 Å². The lowest BCUT2D eigenvalue weighted by molar-refractivity contribution is 0.0816. The fourth-order valence-corrected chi connectivity index (χ4v) is 8.17. The lowest BCUT2D eigenvalue weighted by Crippen LogP contribution is -2.38. The van der Waals surface area contributed by atoms with E-state index < -0.39 is 28.9 Å². The summed E-state index contributed by atoms with van der Waals surface area (Å²) in [4.78, 5) is 4.77. The van der Waals surface area contributed by atoms with Crippen LogP contribution in [0.2, 0.25) is 25.7 Å². The largest absolute Gasteiger partial charge is 0.380 e. The lowest BCUT2D eigenvalue weighted by atomic mass is 9.96. The van der Waals surface area contributed by atoms with Gasteiger partial charge in [-0.05, 0) is 68.1 Å². The second-order valence-corrected chi connectivity index (χ2v) is 20.7. The van der Waals surface area contributed by atoms with Gasteiger partial charge in [0.05, 0.1) is 28.2 Å². The Balaban J connectivity index is 1.60. The van der Waals surface area contributed by atoms with Crippen molar-refractivity contribution >= 4 is 40.0 Å². The van der Waals surface area contributed by atoms with E-state index in [1.165, 1.54) is 3.97 Å². The number of hydrogen-bond donors (Lipinski definition) is 1. The number of aromatic nitrogens is 3. The van der Waals surface area contributed by atoms with Gasteiger partial charge in [-0.25, -0.2) is 17.4 Å². The number of nitrogens with zero attached hydrogens (tertiary/aromatic N) is 4. The molecule has 2 atom stereocenters. The lowest BCUT2D eigenvalue weighted by Gasteiger charge is -2.29. The van der Waals surface area contributed by atoms with E-state index in [0.29, 0.717) is 51.9 Å². The molecule has 0 spiro atoms. The van der Waals surface area contributed by atoms with Crippen LogP contribution in [0.15, 0.2) is 66.4 Å². The number of allylic oxidation sites excluding steroid dienone is 3. The number of benzene rings is 2. The number of aliphatic hydroxyl groups is 1. The van der Waals surface area contributed by atoms with Gasteiger partial charge in [-0.15, -0.1) is 0 Å². The van der Waals surface area contributed by atoms with Crippen LogP contribution in [0.25, 0.3) is 21.9 Å². The maximum atomic E-state index is 14.2. The Morgan fingerprint density at radius 1 is 1.21 bits per heavy atom. The summed E-state index contributed by atoms with van der Waals surface area (Å²) in [5.41, 5.74) is 4.70. The van der Waals surface area contributed by atoms with Crippen molar-refractivity contribution in [2.75, 3.05) is 6.61 Å². The molecule has 1 aliphatic rings. The van der Waals surface area contributed by atoms with Crippen LogP contribution in [0.4, 0.5) is 0 Å². The highest BCUT2D eigenvalue weighted by atomic mass is 32.2. The summed E-state index contributed by atoms with van der Waals surface area (Å²) in [7, 11) is -5.15. The van der Waals surface area contributed by atoms with Crippen LogP contribution in [0, 0.1) is 18.3 Å². The van der Waals surface area contributed by atoms with Crippen molar-refractivity contribution in [3.05, 3.63) is 88.9 Å². The molecule has 0 aliphatic heterocycles. The number of hydrogen-bond acceptors (Lipinski definition) is 6. The Hall–Kier alpha value is -3.49. The third-order valence-electron chi connectivity index (χ3n) is 8.31. The molecule has 0 amide bonds. The molecule has 0 bridgehead atoms. The quantitative estimate of drug-likeness (QED) is 0.155. The number of ether oxygens (including phenoxy) is 1. The maximum absolute atomic E-state index is 14.2. The number of nitriles is 1. The summed E-state index contributed by atoms with van der Waals surface area (Å²) in [5.74, 6) is 0.374. The summed E-state index contributed by atoms with van der Waals surface area (Å²) >= 11 is 0. The van der Waals surface area contributed by atoms with E-state index in [1.54, 1.807) is 37.4 Å². The van der Waals surface area contributed by atoms with E-state index in [-0.39, 0.29) is 6.73 Å². The molecule has 2 aromatic heterocycles. The second kappa shape index (κ2) is 11.5. The topological polar surface area (TPSA) is 110 Å². The zero-order valence-corrected chi connectivity index (χ0v) is 27.6. The first-order valence-electron chi connectivity index (χ1n) is 14.7. The van der Waals surface area contributed by atoms with Crippen molar-refractivity contribution in [2.24, 2.45) is 0 Å². The first-order valence-corrected chi connectivity index (χ1v) is 19.8. The highest BCUT2D eigenvalue weighted by molar-refractivity contribution is 7.91. The molecule has 0 radical (unpaired) electrons. The standard InChI is InChI=1S/C33H40N4O4SSi/c1-7-24-9-8-15-33(3,20-24)42(39,40)37-16-14-26-27(12-10-23(2)30(26)37)31(38)32-35-28-13-11-25(21-34)19-29(28)36(32)22-41-17-18-43(4,5)6/h8-14,16,19-20,31,38H,7,15,17-18,22H2,1-6H3. The van der Waals surface area contributed by atoms with Gasteiger partial charge in [0.1, 0.15) is 23.4 Å². The van der Waals surface area contributed by atoms with Crippen LogP contribution in [0.1, 0.15) is 55.3 Å². The average molecular weight is 617 g/mol. The van der Waals surface area contributed by atoms with Gasteiger partial charge in [0.2, 0.25) is 10.0 Å². The Kier molecular flexibility index (Phi) is 8.31. The number of aryl methyl sites for hydroxylation is 1. The monoisotopic (exact) mass is 616 g/mol. The molecule has 8 nitrogen and oxygen atoms in total. The van der Waals surface area contributed by atoms with Crippen LogP contribution in [-0.2, 0) is 21.5 Å². The van der Waals surface area contributed by atoms with E-state index in [1.807, 2.05) is 48.8 Å². The molecule has 2 aromatic carbocycles. The number of rotatable bonds is 10. The molecule has 226 valence electrons. The van der Waals surface area contributed by atoms with Crippen molar-refractivity contribution < 1.29 is 18.3 Å². The maximum Gasteiger partial charge on any atom is 0.248 e. The second-order valence-electron chi connectivity index (χ2n) is 12.8. The zero-order valence-electron chi connectivity index (χ0n) is 25.8. The Morgan fingerprint density at radius 2 is 1.98 bits per heavy atom. The summed E-state index contributed by atoms with van der Waals surface area (Å²) in [6.07, 6.45) is 7.34. The van der Waals surface area contributed by atoms with E-state index in [0.717, 1.165) is 23.6 Å². The van der Waals surface area contributed by atoms with Gasteiger partial charge >= 0.3 is 0 Å². The van der Waals surface area contributed by atoms with Crippen LogP contribution in [0.3, 0.4) is 0 Å². The first kappa shape index (κ1) is 30.9. The van der Waals surface area contributed by atoms with E-state index in [4.69, 9.17) is 9.72 Å². The molecule has 1 N–H and O–H groups in total. The Morgan fingerprint density at radius 3 is 2.67 bits per heavy atom. The highest BCUT2D eigenvalue weighted by Gasteiger charge is 2.40. The van der Waals surface area contributed by atoms with Crippen LogP contribution < -0.4 is 0 Å². The molecule has 0 saturated heterocycles. The van der Waals surface area contributed by atoms with Gasteiger partial charge in [0.25, 0.3) is 0 Å². The van der Waals surface area contributed by atoms with Gasteiger partial charge in [-0.2, -0.15) is 5.26 Å². The van der Waals surface area contributed by atoms with E-state index >= 15 is 0 Å². The summed E-state index contributed by atoms with van der Waals surface area (Å²) in [5, 5.41) is 22.0. The van der Waals surface area contributed by atoms with Crippen molar-refractivity contribution in [3.8, 4) is 6.07 Å². The summed E-state index contributed by atoms with van der Waals surface area (Å²) in [6, 6.07) is 13.8. The third-order valence-corrected chi connectivity index (χ3v) is 12.3. The van der Waals surface area contributed by atoms with Gasteiger partial charge in [-0.1, -0.05) is 62.5 Å². The highest BCUT2D eigenvalue weighted by Crippen LogP contribution is 2.37. The normalized spacial score (nSPS) is 18.2. The Labute approximate surface area is 255 Å². The minimum Gasteiger partial charge on any atom is -0.380 e. The van der Waals surface area contributed by atoms with Gasteiger partial charge in [-0.3, -0.25) is 0 Å². The third kappa shape index (κ3) is 5.75. The SMILES string of the molecule is CCC1=CC(C)(S(=O)(=O)n2ccc3c(C(O)c4nc5ccc(C#N)cc5n4COCC[Si](C)(C)C)ccc(C)c32)CC=C1. The molecule has 0 saturated carbocycles. The van der Waals surface area contributed by atoms with Crippen molar-refractivity contribution in [2.45, 2.75) is 76.9 Å². The minimum atomic E-state index is -3.84. The molecule has 2 heterocycles. The molecule has 0 fully saturated rings. The molecular formula is C33H40N4O4SSi. The fraction of sp³-hybridized carbons (Fsp3) is 0.394. The summed E-state index contributed by atoms with van der Waals surface area (Å²) in [6.45, 7) is 13.3. The van der Waals surface area contributed by atoms with Crippen LogP contribution >= 0.6 is 0 Å². The molecular weight excluding hydrogens is 577 g/mol. The Bertz CT molecular complexity index is 1910. The molecule has 1 aliphatic carbocycles. The molecule has 5 rings (SSSR count). The molecule has 2 unspecified atom stereocenters. The average Bonchev–Trinajstić information content (AvgIpc) is 3.57. The van der Waals surface area contributed by atoms with Crippen LogP contribution in [0.5, 0.6) is 0 Å². The number of aliphatic hydroxyl groups excluding tert-OH is 1.